The van der Waals surface area contributed by atoms with Crippen LogP contribution in [0.1, 0.15) is 30.3 Å². The summed E-state index contributed by atoms with van der Waals surface area (Å²) in [5.74, 6) is 1.20. The summed E-state index contributed by atoms with van der Waals surface area (Å²) in [6.45, 7) is 1.69. The van der Waals surface area contributed by atoms with Crippen LogP contribution >= 0.6 is 0 Å². The first-order chi connectivity index (χ1) is 10.8. The highest BCUT2D eigenvalue weighted by molar-refractivity contribution is 5.51. The van der Waals surface area contributed by atoms with E-state index in [0.717, 1.165) is 18.5 Å². The molecule has 0 saturated carbocycles. The van der Waals surface area contributed by atoms with E-state index >= 15 is 0 Å². The third-order valence-corrected chi connectivity index (χ3v) is 4.06. The predicted octanol–water partition coefficient (Wildman–Crippen LogP) is 2.40. The lowest BCUT2D eigenvalue weighted by atomic mass is 10.1. The topological polar surface area (TPSA) is 73.1 Å². The minimum atomic E-state index is 0.373. The molecule has 1 atom stereocenters. The minimum Gasteiger partial charge on any atom is -0.472 e. The second-order valence-electron chi connectivity index (χ2n) is 5.60. The monoisotopic (exact) mass is 299 g/mol. The Balaban J connectivity index is 1.50. The number of nitrogens with zero attached hydrogens (tertiary/aromatic N) is 5. The first-order valence-electron chi connectivity index (χ1n) is 7.37. The molecule has 1 aliphatic heterocycles. The van der Waals surface area contributed by atoms with E-state index < -0.39 is 0 Å². The molecule has 1 aliphatic rings. The number of aryl methyl sites for hydroxylation is 1. The Morgan fingerprint density at radius 3 is 3.14 bits per heavy atom. The van der Waals surface area contributed by atoms with Gasteiger partial charge in [0.15, 0.2) is 0 Å². The lowest BCUT2D eigenvalue weighted by Crippen LogP contribution is -2.22. The SMILES string of the molecule is Cn1cc(C2CCCN2Cc2nc(-c3ccoc3)no2)cn1. The Morgan fingerprint density at radius 1 is 1.41 bits per heavy atom. The van der Waals surface area contributed by atoms with Crippen molar-refractivity contribution >= 4 is 0 Å². The van der Waals surface area contributed by atoms with Crippen LogP contribution in [0.5, 0.6) is 0 Å². The summed E-state index contributed by atoms with van der Waals surface area (Å²) in [6.07, 6.45) is 9.53. The van der Waals surface area contributed by atoms with Crippen LogP contribution in [0.4, 0.5) is 0 Å². The van der Waals surface area contributed by atoms with Crippen molar-refractivity contribution in [2.24, 2.45) is 7.05 Å². The highest BCUT2D eigenvalue weighted by Crippen LogP contribution is 2.32. The normalized spacial score (nSPS) is 19.0. The van der Waals surface area contributed by atoms with Gasteiger partial charge in [0.2, 0.25) is 11.7 Å². The van der Waals surface area contributed by atoms with Gasteiger partial charge in [-0.2, -0.15) is 10.1 Å². The summed E-state index contributed by atoms with van der Waals surface area (Å²) in [6, 6.07) is 2.20. The lowest BCUT2D eigenvalue weighted by molar-refractivity contribution is 0.212. The van der Waals surface area contributed by atoms with Crippen LogP contribution < -0.4 is 0 Å². The molecule has 4 rings (SSSR count). The summed E-state index contributed by atoms with van der Waals surface area (Å²) in [5, 5.41) is 8.28. The molecular weight excluding hydrogens is 282 g/mol. The largest absolute Gasteiger partial charge is 0.472 e. The molecule has 0 N–H and O–H groups in total. The molecule has 1 fully saturated rings. The molecule has 4 heterocycles. The van der Waals surface area contributed by atoms with Gasteiger partial charge in [0.1, 0.15) is 6.26 Å². The first kappa shape index (κ1) is 13.3. The van der Waals surface area contributed by atoms with Gasteiger partial charge in [-0.15, -0.1) is 0 Å². The Morgan fingerprint density at radius 2 is 2.36 bits per heavy atom. The summed E-state index contributed by atoms with van der Waals surface area (Å²) in [5.41, 5.74) is 2.08. The molecule has 1 unspecified atom stereocenters. The Kier molecular flexibility index (Phi) is 3.27. The van der Waals surface area contributed by atoms with Gasteiger partial charge >= 0.3 is 0 Å². The fraction of sp³-hybridized carbons (Fsp3) is 0.400. The number of likely N-dealkylation sites (tertiary alicyclic amines) is 1. The average molecular weight is 299 g/mol. The molecule has 1 saturated heterocycles. The Labute approximate surface area is 127 Å². The zero-order valence-corrected chi connectivity index (χ0v) is 12.3. The predicted molar refractivity (Wildman–Crippen MR) is 77.6 cm³/mol. The van der Waals surface area contributed by atoms with Gasteiger partial charge in [0.05, 0.1) is 24.6 Å². The van der Waals surface area contributed by atoms with E-state index in [1.807, 2.05) is 24.0 Å². The van der Waals surface area contributed by atoms with Crippen molar-refractivity contribution in [1.82, 2.24) is 24.8 Å². The fourth-order valence-electron chi connectivity index (χ4n) is 3.01. The molecule has 114 valence electrons. The van der Waals surface area contributed by atoms with Gasteiger partial charge < -0.3 is 8.94 Å². The molecule has 7 heteroatoms. The Bertz CT molecular complexity index is 746. The summed E-state index contributed by atoms with van der Waals surface area (Å²) < 4.78 is 12.3. The molecule has 22 heavy (non-hydrogen) atoms. The van der Waals surface area contributed by atoms with Gasteiger partial charge in [0.25, 0.3) is 0 Å². The maximum Gasteiger partial charge on any atom is 0.241 e. The quantitative estimate of drug-likeness (QED) is 0.736. The van der Waals surface area contributed by atoms with Crippen molar-refractivity contribution in [2.45, 2.75) is 25.4 Å². The van der Waals surface area contributed by atoms with Crippen molar-refractivity contribution in [1.29, 1.82) is 0 Å². The molecule has 7 nitrogen and oxygen atoms in total. The van der Waals surface area contributed by atoms with Gasteiger partial charge in [-0.3, -0.25) is 9.58 Å². The fourth-order valence-corrected chi connectivity index (χ4v) is 3.01. The third kappa shape index (κ3) is 2.43. The van der Waals surface area contributed by atoms with Crippen LogP contribution in [-0.4, -0.2) is 31.4 Å². The van der Waals surface area contributed by atoms with E-state index in [2.05, 4.69) is 26.3 Å². The van der Waals surface area contributed by atoms with E-state index in [9.17, 15) is 0 Å². The third-order valence-electron chi connectivity index (χ3n) is 4.06. The van der Waals surface area contributed by atoms with E-state index in [4.69, 9.17) is 8.94 Å². The molecule has 0 aliphatic carbocycles. The molecule has 0 amide bonds. The maximum atomic E-state index is 5.37. The van der Waals surface area contributed by atoms with Crippen LogP contribution in [0.15, 0.2) is 39.9 Å². The number of furan rings is 1. The molecule has 0 radical (unpaired) electrons. The molecule has 3 aromatic rings. The standard InChI is InChI=1S/C15H17N5O2/c1-19-8-12(7-16-19)13-3-2-5-20(13)9-14-17-15(18-22-14)11-4-6-21-10-11/h4,6-8,10,13H,2-3,5,9H2,1H3. The summed E-state index contributed by atoms with van der Waals surface area (Å²) >= 11 is 0. The van der Waals surface area contributed by atoms with Crippen LogP contribution in [0.25, 0.3) is 11.4 Å². The van der Waals surface area contributed by atoms with Crippen molar-refractivity contribution < 1.29 is 8.94 Å². The molecule has 0 aromatic carbocycles. The minimum absolute atomic E-state index is 0.373. The maximum absolute atomic E-state index is 5.37. The van der Waals surface area contributed by atoms with Gasteiger partial charge in [0, 0.05) is 24.8 Å². The average Bonchev–Trinajstić information content (AvgIpc) is 3.26. The lowest BCUT2D eigenvalue weighted by Gasteiger charge is -2.21. The molecular formula is C15H17N5O2. The number of rotatable bonds is 4. The number of hydrogen-bond donors (Lipinski definition) is 0. The van der Waals surface area contributed by atoms with Gasteiger partial charge in [-0.25, -0.2) is 0 Å². The van der Waals surface area contributed by atoms with Gasteiger partial charge in [-0.05, 0) is 25.5 Å². The van der Waals surface area contributed by atoms with E-state index in [-0.39, 0.29) is 0 Å². The van der Waals surface area contributed by atoms with E-state index in [0.29, 0.717) is 24.3 Å². The van der Waals surface area contributed by atoms with Crippen LogP contribution in [0.3, 0.4) is 0 Å². The number of hydrogen-bond acceptors (Lipinski definition) is 6. The van der Waals surface area contributed by atoms with E-state index in [1.165, 1.54) is 12.0 Å². The highest BCUT2D eigenvalue weighted by Gasteiger charge is 2.28. The van der Waals surface area contributed by atoms with Crippen molar-refractivity contribution in [3.63, 3.8) is 0 Å². The number of aromatic nitrogens is 4. The molecule has 3 aromatic heterocycles. The van der Waals surface area contributed by atoms with Crippen LogP contribution in [0, 0.1) is 0 Å². The van der Waals surface area contributed by atoms with Crippen molar-refractivity contribution in [3.05, 3.63) is 42.4 Å². The van der Waals surface area contributed by atoms with Gasteiger partial charge in [-0.1, -0.05) is 5.16 Å². The second-order valence-corrected chi connectivity index (χ2v) is 5.60. The molecule has 0 spiro atoms. The van der Waals surface area contributed by atoms with Crippen molar-refractivity contribution in [2.75, 3.05) is 6.54 Å². The summed E-state index contributed by atoms with van der Waals surface area (Å²) in [7, 11) is 1.94. The Hall–Kier alpha value is -2.41. The van der Waals surface area contributed by atoms with Crippen molar-refractivity contribution in [3.8, 4) is 11.4 Å². The summed E-state index contributed by atoms with van der Waals surface area (Å²) in [4.78, 5) is 6.81. The van der Waals surface area contributed by atoms with E-state index in [1.54, 1.807) is 12.5 Å². The molecule has 0 bridgehead atoms. The highest BCUT2D eigenvalue weighted by atomic mass is 16.5. The second kappa shape index (κ2) is 5.42. The zero-order valence-electron chi connectivity index (χ0n) is 12.3. The first-order valence-corrected chi connectivity index (χ1v) is 7.37. The van der Waals surface area contributed by atoms with Crippen LogP contribution in [0.2, 0.25) is 0 Å². The van der Waals surface area contributed by atoms with Crippen LogP contribution in [-0.2, 0) is 13.6 Å². The smallest absolute Gasteiger partial charge is 0.241 e. The zero-order chi connectivity index (χ0) is 14.9.